The Balaban J connectivity index is 2.47. The summed E-state index contributed by atoms with van der Waals surface area (Å²) in [4.78, 5) is 14.4. The second-order valence-corrected chi connectivity index (χ2v) is 4.17. The van der Waals surface area contributed by atoms with Crippen LogP contribution in [0.2, 0.25) is 0 Å². The van der Waals surface area contributed by atoms with Gasteiger partial charge in [-0.15, -0.1) is 0 Å². The number of aliphatic imine (C=N–C) groups is 1. The van der Waals surface area contributed by atoms with Crippen LogP contribution in [-0.4, -0.2) is 20.3 Å². The molecule has 0 aliphatic heterocycles. The molecule has 0 heterocycles. The lowest BCUT2D eigenvalue weighted by atomic mass is 10.0. The third kappa shape index (κ3) is 2.09. The summed E-state index contributed by atoms with van der Waals surface area (Å²) in [6, 6.07) is 5.84. The average Bonchev–Trinajstić information content (AvgIpc) is 3.11. The Morgan fingerprint density at radius 3 is 2.71 bits per heavy atom. The van der Waals surface area contributed by atoms with Gasteiger partial charge in [0, 0.05) is 18.2 Å². The number of rotatable bonds is 5. The highest BCUT2D eigenvalue weighted by Gasteiger charge is 2.47. The third-order valence-corrected chi connectivity index (χ3v) is 3.09. The summed E-state index contributed by atoms with van der Waals surface area (Å²) in [6.45, 7) is 0.484. The summed E-state index contributed by atoms with van der Waals surface area (Å²) in [7, 11) is 3.27. The molecule has 1 aliphatic carbocycles. The van der Waals surface area contributed by atoms with Gasteiger partial charge in [0.2, 0.25) is 6.08 Å². The van der Waals surface area contributed by atoms with E-state index in [0.717, 1.165) is 29.7 Å². The monoisotopic (exact) mass is 233 g/mol. The summed E-state index contributed by atoms with van der Waals surface area (Å²) in [5.74, 6) is 0.769. The number of hydrogen-bond donors (Lipinski definition) is 0. The molecule has 0 aromatic heterocycles. The molecule has 0 spiro atoms. The molecule has 0 radical (unpaired) electrons. The van der Waals surface area contributed by atoms with E-state index in [1.165, 1.54) is 0 Å². The highest BCUT2D eigenvalue weighted by Crippen LogP contribution is 2.52. The standard InChI is InChI=1S/C13H15NO3/c1-16-8-10-4-3-5-11(12(10)17-2)13(6-7-13)14-9-15/h3-5H,6-8H2,1-2H3. The predicted molar refractivity (Wildman–Crippen MR) is 62.7 cm³/mol. The molecule has 0 amide bonds. The van der Waals surface area contributed by atoms with Crippen LogP contribution in [0.1, 0.15) is 24.0 Å². The number of benzene rings is 1. The number of methoxy groups -OCH3 is 2. The van der Waals surface area contributed by atoms with Gasteiger partial charge in [0.15, 0.2) is 0 Å². The quantitative estimate of drug-likeness (QED) is 0.578. The number of hydrogen-bond acceptors (Lipinski definition) is 4. The fourth-order valence-electron chi connectivity index (χ4n) is 2.11. The largest absolute Gasteiger partial charge is 0.496 e. The Labute approximate surface area is 100 Å². The zero-order chi connectivity index (χ0) is 12.3. The van der Waals surface area contributed by atoms with Crippen molar-refractivity contribution in [2.45, 2.75) is 25.0 Å². The van der Waals surface area contributed by atoms with Crippen LogP contribution >= 0.6 is 0 Å². The summed E-state index contributed by atoms with van der Waals surface area (Å²) >= 11 is 0. The van der Waals surface area contributed by atoms with Gasteiger partial charge in [-0.05, 0) is 12.8 Å². The summed E-state index contributed by atoms with van der Waals surface area (Å²) in [5.41, 5.74) is 1.52. The Morgan fingerprint density at radius 2 is 2.18 bits per heavy atom. The molecule has 0 bridgehead atoms. The van der Waals surface area contributed by atoms with Crippen LogP contribution < -0.4 is 4.74 Å². The molecule has 0 N–H and O–H groups in total. The molecule has 90 valence electrons. The van der Waals surface area contributed by atoms with E-state index in [1.54, 1.807) is 20.3 Å². The smallest absolute Gasteiger partial charge is 0.235 e. The van der Waals surface area contributed by atoms with E-state index >= 15 is 0 Å². The van der Waals surface area contributed by atoms with Crippen LogP contribution in [0.25, 0.3) is 0 Å². The van der Waals surface area contributed by atoms with E-state index in [2.05, 4.69) is 4.99 Å². The second-order valence-electron chi connectivity index (χ2n) is 4.17. The molecule has 1 saturated carbocycles. The lowest BCUT2D eigenvalue weighted by Gasteiger charge is -2.16. The molecule has 4 nitrogen and oxygen atoms in total. The van der Waals surface area contributed by atoms with E-state index in [9.17, 15) is 4.79 Å². The number of nitrogens with zero attached hydrogens (tertiary/aromatic N) is 1. The van der Waals surface area contributed by atoms with Crippen molar-refractivity contribution in [3.63, 3.8) is 0 Å². The third-order valence-electron chi connectivity index (χ3n) is 3.09. The normalized spacial score (nSPS) is 16.1. The zero-order valence-electron chi connectivity index (χ0n) is 10.0. The molecule has 1 aromatic carbocycles. The number of isocyanates is 1. The minimum atomic E-state index is -0.406. The van der Waals surface area contributed by atoms with E-state index in [-0.39, 0.29) is 0 Å². The summed E-state index contributed by atoms with van der Waals surface area (Å²) < 4.78 is 10.6. The predicted octanol–water partition coefficient (Wildman–Crippen LogP) is 2.17. The van der Waals surface area contributed by atoms with Crippen LogP contribution in [0.15, 0.2) is 23.2 Å². The maximum Gasteiger partial charge on any atom is 0.235 e. The van der Waals surface area contributed by atoms with Crippen molar-refractivity contribution in [1.82, 2.24) is 0 Å². The summed E-state index contributed by atoms with van der Waals surface area (Å²) in [5, 5.41) is 0. The minimum Gasteiger partial charge on any atom is -0.496 e. The van der Waals surface area contributed by atoms with Gasteiger partial charge < -0.3 is 9.47 Å². The van der Waals surface area contributed by atoms with Crippen molar-refractivity contribution in [2.24, 2.45) is 4.99 Å². The highest BCUT2D eigenvalue weighted by atomic mass is 16.5. The molecular weight excluding hydrogens is 218 g/mol. The molecule has 2 rings (SSSR count). The van der Waals surface area contributed by atoms with Crippen molar-refractivity contribution in [1.29, 1.82) is 0 Å². The molecule has 4 heteroatoms. The molecule has 1 aliphatic rings. The maximum atomic E-state index is 10.5. The van der Waals surface area contributed by atoms with E-state index in [0.29, 0.717) is 6.61 Å². The average molecular weight is 233 g/mol. The highest BCUT2D eigenvalue weighted by molar-refractivity contribution is 5.50. The van der Waals surface area contributed by atoms with Gasteiger partial charge in [-0.1, -0.05) is 18.2 Å². The summed E-state index contributed by atoms with van der Waals surface area (Å²) in [6.07, 6.45) is 3.40. The molecule has 1 fully saturated rings. The molecular formula is C13H15NO3. The fraction of sp³-hybridized carbons (Fsp3) is 0.462. The van der Waals surface area contributed by atoms with Gasteiger partial charge in [0.05, 0.1) is 13.7 Å². The van der Waals surface area contributed by atoms with Gasteiger partial charge in [0.25, 0.3) is 0 Å². The maximum absolute atomic E-state index is 10.5. The Bertz CT molecular complexity index is 460. The van der Waals surface area contributed by atoms with Crippen molar-refractivity contribution in [3.8, 4) is 5.75 Å². The number of carbonyl (C=O) groups excluding carboxylic acids is 1. The Kier molecular flexibility index (Phi) is 3.27. The fourth-order valence-corrected chi connectivity index (χ4v) is 2.11. The van der Waals surface area contributed by atoms with Gasteiger partial charge in [-0.25, -0.2) is 4.79 Å². The van der Waals surface area contributed by atoms with Crippen molar-refractivity contribution in [2.75, 3.05) is 14.2 Å². The second kappa shape index (κ2) is 4.70. The first-order valence-electron chi connectivity index (χ1n) is 5.52. The van der Waals surface area contributed by atoms with Crippen LogP contribution in [-0.2, 0) is 21.7 Å². The molecule has 17 heavy (non-hydrogen) atoms. The molecule has 1 aromatic rings. The first-order valence-corrected chi connectivity index (χ1v) is 5.52. The zero-order valence-corrected chi connectivity index (χ0v) is 10.0. The SMILES string of the molecule is COCc1cccc(C2(N=C=O)CC2)c1OC. The van der Waals surface area contributed by atoms with Crippen molar-refractivity contribution in [3.05, 3.63) is 29.3 Å². The van der Waals surface area contributed by atoms with E-state index in [4.69, 9.17) is 9.47 Å². The van der Waals surface area contributed by atoms with E-state index < -0.39 is 5.54 Å². The Hall–Kier alpha value is -1.64. The van der Waals surface area contributed by atoms with Gasteiger partial charge in [-0.3, -0.25) is 0 Å². The lowest BCUT2D eigenvalue weighted by Crippen LogP contribution is -2.07. The molecule has 0 atom stereocenters. The van der Waals surface area contributed by atoms with Gasteiger partial charge >= 0.3 is 0 Å². The lowest BCUT2D eigenvalue weighted by molar-refractivity contribution is 0.181. The number of ether oxygens (including phenoxy) is 2. The van der Waals surface area contributed by atoms with Crippen LogP contribution in [0.4, 0.5) is 0 Å². The van der Waals surface area contributed by atoms with Crippen LogP contribution in [0.3, 0.4) is 0 Å². The number of para-hydroxylation sites is 1. The molecule has 0 unspecified atom stereocenters. The van der Waals surface area contributed by atoms with E-state index in [1.807, 2.05) is 18.2 Å². The first-order chi connectivity index (χ1) is 8.27. The van der Waals surface area contributed by atoms with Crippen LogP contribution in [0, 0.1) is 0 Å². The topological polar surface area (TPSA) is 47.9 Å². The molecule has 0 saturated heterocycles. The Morgan fingerprint density at radius 1 is 1.41 bits per heavy atom. The van der Waals surface area contributed by atoms with Crippen LogP contribution in [0.5, 0.6) is 5.75 Å². The van der Waals surface area contributed by atoms with Gasteiger partial charge in [0.1, 0.15) is 11.3 Å². The van der Waals surface area contributed by atoms with Gasteiger partial charge in [-0.2, -0.15) is 4.99 Å². The van der Waals surface area contributed by atoms with Crippen molar-refractivity contribution < 1.29 is 14.3 Å². The minimum absolute atomic E-state index is 0.406. The van der Waals surface area contributed by atoms with Crippen molar-refractivity contribution >= 4 is 6.08 Å². The first kappa shape index (κ1) is 11.8.